The van der Waals surface area contributed by atoms with E-state index in [1.807, 2.05) is 6.07 Å². The molecular formula is C26H18N. The summed E-state index contributed by atoms with van der Waals surface area (Å²) in [6.45, 7) is 0. The highest BCUT2D eigenvalue weighted by atomic mass is 15.1. The van der Waals surface area contributed by atoms with Gasteiger partial charge in [-0.3, -0.25) is 0 Å². The van der Waals surface area contributed by atoms with Gasteiger partial charge in [-0.25, -0.2) is 0 Å². The molecule has 0 saturated carbocycles. The van der Waals surface area contributed by atoms with Crippen molar-refractivity contribution in [1.29, 1.82) is 0 Å². The zero-order valence-corrected chi connectivity index (χ0v) is 14.8. The molecule has 127 valence electrons. The summed E-state index contributed by atoms with van der Waals surface area (Å²) in [6, 6.07) is 41.5. The highest BCUT2D eigenvalue weighted by Gasteiger charge is 2.14. The molecule has 0 amide bonds. The molecule has 5 rings (SSSR count). The summed E-state index contributed by atoms with van der Waals surface area (Å²) in [4.78, 5) is 2.32. The monoisotopic (exact) mass is 344 g/mol. The predicted molar refractivity (Wildman–Crippen MR) is 115 cm³/mol. The molecule has 0 atom stereocenters. The third kappa shape index (κ3) is 2.84. The van der Waals surface area contributed by atoms with Crippen LogP contribution < -0.4 is 4.90 Å². The van der Waals surface area contributed by atoms with E-state index in [9.17, 15) is 0 Å². The lowest BCUT2D eigenvalue weighted by Crippen LogP contribution is -2.10. The number of para-hydroxylation sites is 2. The molecule has 0 N–H and O–H groups in total. The first-order chi connectivity index (χ1) is 13.4. The fourth-order valence-corrected chi connectivity index (χ4v) is 3.66. The Bertz CT molecular complexity index is 1170. The molecule has 0 saturated heterocycles. The van der Waals surface area contributed by atoms with E-state index >= 15 is 0 Å². The highest BCUT2D eigenvalue weighted by molar-refractivity contribution is 6.06. The number of hydrogen-bond donors (Lipinski definition) is 0. The zero-order valence-electron chi connectivity index (χ0n) is 14.8. The van der Waals surface area contributed by atoms with Crippen molar-refractivity contribution in [2.45, 2.75) is 0 Å². The normalized spacial score (nSPS) is 11.0. The summed E-state index contributed by atoms with van der Waals surface area (Å²) in [5, 5.41) is 4.92. The zero-order chi connectivity index (χ0) is 18.1. The van der Waals surface area contributed by atoms with Crippen LogP contribution in [0, 0.1) is 6.07 Å². The SMILES string of the molecule is [c]1ccc2cc3cccc(N(c4ccccc4)c4ccccc4)c3cc2c1. The first kappa shape index (κ1) is 15.7. The van der Waals surface area contributed by atoms with Gasteiger partial charge in [0, 0.05) is 16.8 Å². The summed E-state index contributed by atoms with van der Waals surface area (Å²) in [7, 11) is 0. The van der Waals surface area contributed by atoms with Gasteiger partial charge < -0.3 is 4.90 Å². The fourth-order valence-electron chi connectivity index (χ4n) is 3.66. The lowest BCUT2D eigenvalue weighted by atomic mass is 10.0. The Morgan fingerprint density at radius 3 is 1.96 bits per heavy atom. The molecule has 0 aliphatic carbocycles. The van der Waals surface area contributed by atoms with Gasteiger partial charge in [0.1, 0.15) is 0 Å². The second kappa shape index (κ2) is 6.62. The van der Waals surface area contributed by atoms with Gasteiger partial charge in [0.05, 0.1) is 5.69 Å². The average Bonchev–Trinajstić information content (AvgIpc) is 2.74. The molecule has 0 fully saturated rings. The summed E-state index contributed by atoms with van der Waals surface area (Å²) in [5.74, 6) is 0. The average molecular weight is 344 g/mol. The van der Waals surface area contributed by atoms with Crippen LogP contribution in [0.15, 0.2) is 109 Å². The van der Waals surface area contributed by atoms with Crippen LogP contribution in [-0.4, -0.2) is 0 Å². The van der Waals surface area contributed by atoms with Crippen LogP contribution in [0.25, 0.3) is 21.5 Å². The van der Waals surface area contributed by atoms with Crippen molar-refractivity contribution in [3.63, 3.8) is 0 Å². The lowest BCUT2D eigenvalue weighted by Gasteiger charge is -2.27. The molecule has 1 radical (unpaired) electrons. The van der Waals surface area contributed by atoms with Gasteiger partial charge in [-0.2, -0.15) is 0 Å². The van der Waals surface area contributed by atoms with Crippen LogP contribution in [-0.2, 0) is 0 Å². The number of benzene rings is 5. The molecule has 5 aromatic rings. The van der Waals surface area contributed by atoms with Crippen molar-refractivity contribution in [2.24, 2.45) is 0 Å². The van der Waals surface area contributed by atoms with Crippen molar-refractivity contribution in [1.82, 2.24) is 0 Å². The largest absolute Gasteiger partial charge is 0.310 e. The fraction of sp³-hybridized carbons (Fsp3) is 0. The summed E-state index contributed by atoms with van der Waals surface area (Å²) >= 11 is 0. The quantitative estimate of drug-likeness (QED) is 0.311. The molecule has 0 aliphatic heterocycles. The van der Waals surface area contributed by atoms with Gasteiger partial charge in [-0.05, 0) is 70.8 Å². The van der Waals surface area contributed by atoms with Crippen molar-refractivity contribution < 1.29 is 0 Å². The van der Waals surface area contributed by atoms with Gasteiger partial charge in [-0.15, -0.1) is 0 Å². The first-order valence-electron chi connectivity index (χ1n) is 9.13. The molecular weight excluding hydrogens is 326 g/mol. The van der Waals surface area contributed by atoms with Crippen molar-refractivity contribution in [3.8, 4) is 0 Å². The summed E-state index contributed by atoms with van der Waals surface area (Å²) in [6.07, 6.45) is 0. The second-order valence-corrected chi connectivity index (χ2v) is 6.63. The maximum Gasteiger partial charge on any atom is 0.0540 e. The third-order valence-corrected chi connectivity index (χ3v) is 4.93. The van der Waals surface area contributed by atoms with E-state index in [1.54, 1.807) is 0 Å². The number of nitrogens with zero attached hydrogens (tertiary/aromatic N) is 1. The minimum atomic E-state index is 1.15. The molecule has 0 bridgehead atoms. The van der Waals surface area contributed by atoms with E-state index in [-0.39, 0.29) is 0 Å². The van der Waals surface area contributed by atoms with Gasteiger partial charge >= 0.3 is 0 Å². The van der Waals surface area contributed by atoms with Crippen LogP contribution in [0.2, 0.25) is 0 Å². The van der Waals surface area contributed by atoms with Crippen LogP contribution >= 0.6 is 0 Å². The minimum Gasteiger partial charge on any atom is -0.310 e. The Morgan fingerprint density at radius 1 is 0.556 bits per heavy atom. The van der Waals surface area contributed by atoms with E-state index in [0.29, 0.717) is 0 Å². The standard InChI is InChI=1S/C26H18N/c1-3-13-23(14-4-1)27(24-15-5-2-6-16-24)26-17-9-12-22-18-20-10-7-8-11-21(20)19-25(22)26/h1-7,9-19H. The van der Waals surface area contributed by atoms with Crippen molar-refractivity contribution in [2.75, 3.05) is 4.90 Å². The Balaban J connectivity index is 1.81. The van der Waals surface area contributed by atoms with E-state index in [2.05, 4.69) is 114 Å². The molecule has 0 unspecified atom stereocenters. The van der Waals surface area contributed by atoms with Gasteiger partial charge in [0.2, 0.25) is 0 Å². The molecule has 27 heavy (non-hydrogen) atoms. The third-order valence-electron chi connectivity index (χ3n) is 4.93. The Kier molecular flexibility index (Phi) is 3.84. The number of anilines is 3. The molecule has 0 spiro atoms. The smallest absolute Gasteiger partial charge is 0.0540 e. The molecule has 1 nitrogen and oxygen atoms in total. The Labute approximate surface area is 159 Å². The number of rotatable bonds is 3. The van der Waals surface area contributed by atoms with Crippen molar-refractivity contribution >= 4 is 38.6 Å². The number of fused-ring (bicyclic) bond motifs is 2. The van der Waals surface area contributed by atoms with E-state index < -0.39 is 0 Å². The highest BCUT2D eigenvalue weighted by Crippen LogP contribution is 2.39. The molecule has 1 heteroatoms. The Morgan fingerprint density at radius 2 is 1.26 bits per heavy atom. The van der Waals surface area contributed by atoms with Crippen LogP contribution in [0.1, 0.15) is 0 Å². The maximum atomic E-state index is 3.20. The molecule has 0 aliphatic rings. The lowest BCUT2D eigenvalue weighted by molar-refractivity contribution is 1.30. The van der Waals surface area contributed by atoms with Crippen LogP contribution in [0.4, 0.5) is 17.1 Å². The van der Waals surface area contributed by atoms with Crippen LogP contribution in [0.3, 0.4) is 0 Å². The summed E-state index contributed by atoms with van der Waals surface area (Å²) in [5.41, 5.74) is 3.47. The van der Waals surface area contributed by atoms with Crippen molar-refractivity contribution in [3.05, 3.63) is 115 Å². The Hall–Kier alpha value is -3.58. The predicted octanol–water partition coefficient (Wildman–Crippen LogP) is 7.26. The second-order valence-electron chi connectivity index (χ2n) is 6.63. The first-order valence-corrected chi connectivity index (χ1v) is 9.13. The maximum absolute atomic E-state index is 3.20. The summed E-state index contributed by atoms with van der Waals surface area (Å²) < 4.78 is 0. The van der Waals surface area contributed by atoms with Gasteiger partial charge in [0.25, 0.3) is 0 Å². The van der Waals surface area contributed by atoms with E-state index in [4.69, 9.17) is 0 Å². The van der Waals surface area contributed by atoms with Gasteiger partial charge in [0.15, 0.2) is 0 Å². The van der Waals surface area contributed by atoms with E-state index in [1.165, 1.54) is 27.2 Å². The molecule has 5 aromatic carbocycles. The van der Waals surface area contributed by atoms with Crippen LogP contribution in [0.5, 0.6) is 0 Å². The molecule has 0 aromatic heterocycles. The van der Waals surface area contributed by atoms with Gasteiger partial charge in [-0.1, -0.05) is 60.7 Å². The van der Waals surface area contributed by atoms with E-state index in [0.717, 1.165) is 11.4 Å². The topological polar surface area (TPSA) is 3.24 Å². The minimum absolute atomic E-state index is 1.15. The number of hydrogen-bond acceptors (Lipinski definition) is 1. The molecule has 0 heterocycles.